The first-order chi connectivity index (χ1) is 14.0. The Morgan fingerprint density at radius 3 is 2.41 bits per heavy atom. The van der Waals surface area contributed by atoms with Gasteiger partial charge in [-0.1, -0.05) is 18.5 Å². The first-order valence-electron chi connectivity index (χ1n) is 10.2. The van der Waals surface area contributed by atoms with Gasteiger partial charge < -0.3 is 0 Å². The Kier molecular flexibility index (Phi) is 5.54. The Morgan fingerprint density at radius 2 is 1.72 bits per heavy atom. The normalized spacial score (nSPS) is 13.7. The van der Waals surface area contributed by atoms with Crippen molar-refractivity contribution in [1.29, 1.82) is 0 Å². The molecule has 7 heteroatoms. The summed E-state index contributed by atoms with van der Waals surface area (Å²) >= 11 is 6.82. The summed E-state index contributed by atoms with van der Waals surface area (Å²) in [4.78, 5) is 18.4. The van der Waals surface area contributed by atoms with Gasteiger partial charge in [0.1, 0.15) is 17.0 Å². The van der Waals surface area contributed by atoms with Crippen LogP contribution in [0.5, 0.6) is 0 Å². The zero-order valence-corrected chi connectivity index (χ0v) is 18.2. The molecule has 0 amide bonds. The van der Waals surface area contributed by atoms with E-state index in [1.54, 1.807) is 12.4 Å². The van der Waals surface area contributed by atoms with Crippen LogP contribution in [0.15, 0.2) is 24.7 Å². The lowest BCUT2D eigenvalue weighted by molar-refractivity contribution is 0.649. The van der Waals surface area contributed by atoms with Crippen LogP contribution in [-0.4, -0.2) is 33.0 Å². The van der Waals surface area contributed by atoms with E-state index in [9.17, 15) is 0 Å². The minimum atomic E-state index is 0.672. The van der Waals surface area contributed by atoms with Gasteiger partial charge in [-0.2, -0.15) is 0 Å². The van der Waals surface area contributed by atoms with Gasteiger partial charge in [0, 0.05) is 37.2 Å². The molecule has 0 aliphatic heterocycles. The first kappa shape index (κ1) is 19.8. The van der Waals surface area contributed by atoms with Crippen LogP contribution in [0, 0.1) is 26.7 Å². The minimum absolute atomic E-state index is 0.672. The third-order valence-corrected chi connectivity index (χ3v) is 5.58. The Morgan fingerprint density at radius 1 is 1.00 bits per heavy atom. The number of fused-ring (bicyclic) bond motifs is 1. The van der Waals surface area contributed by atoms with Crippen molar-refractivity contribution >= 4 is 34.1 Å². The molecular weight excluding hydrogens is 384 g/mol. The van der Waals surface area contributed by atoms with E-state index in [0.717, 1.165) is 59.0 Å². The fourth-order valence-corrected chi connectivity index (χ4v) is 4.03. The molecule has 152 valence electrons. The van der Waals surface area contributed by atoms with Crippen molar-refractivity contribution in [2.75, 3.05) is 23.1 Å². The molecule has 1 aromatic carbocycles. The summed E-state index contributed by atoms with van der Waals surface area (Å²) in [6, 6.07) is 1.99. The van der Waals surface area contributed by atoms with Crippen molar-refractivity contribution in [3.05, 3.63) is 46.6 Å². The summed E-state index contributed by atoms with van der Waals surface area (Å²) in [6.07, 6.45) is 8.84. The summed E-state index contributed by atoms with van der Waals surface area (Å²) < 4.78 is 0. The van der Waals surface area contributed by atoms with Crippen molar-refractivity contribution in [1.82, 2.24) is 19.9 Å². The fraction of sp³-hybridized carbons (Fsp3) is 0.455. The second-order valence-electron chi connectivity index (χ2n) is 7.85. The maximum atomic E-state index is 6.82. The molecule has 1 fully saturated rings. The molecular formula is C22H27ClN6. The molecule has 0 saturated heterocycles. The molecule has 0 bridgehead atoms. The van der Waals surface area contributed by atoms with Crippen LogP contribution in [0.2, 0.25) is 5.02 Å². The third kappa shape index (κ3) is 3.99. The number of hydrogen-bond acceptors (Lipinski definition) is 6. The quantitative estimate of drug-likeness (QED) is 0.508. The summed E-state index contributed by atoms with van der Waals surface area (Å²) in [6.45, 7) is 9.91. The lowest BCUT2D eigenvalue weighted by Crippen LogP contribution is -2.46. The van der Waals surface area contributed by atoms with Crippen molar-refractivity contribution in [2.24, 2.45) is 5.92 Å². The number of rotatable bonds is 7. The highest BCUT2D eigenvalue weighted by atomic mass is 35.5. The van der Waals surface area contributed by atoms with E-state index in [-0.39, 0.29) is 0 Å². The second-order valence-corrected chi connectivity index (χ2v) is 8.26. The van der Waals surface area contributed by atoms with Crippen LogP contribution in [0.4, 0.5) is 11.5 Å². The lowest BCUT2D eigenvalue weighted by atomic mass is 10.1. The Balaban J connectivity index is 1.91. The largest absolute Gasteiger partial charge is 0.280 e. The van der Waals surface area contributed by atoms with E-state index >= 15 is 0 Å². The number of aromatic nitrogens is 4. The van der Waals surface area contributed by atoms with Crippen LogP contribution < -0.4 is 10.0 Å². The standard InChI is InChI=1S/C22H27ClN6/c1-5-10-28(21-18(23)11-14(2)19-20(21)25-9-8-24-19)29(13-17-6-7-17)22-15(3)12-26-16(4)27-22/h8-9,11-12,17H,5-7,10,13H2,1-4H3. The number of hydrazine groups is 1. The van der Waals surface area contributed by atoms with Crippen LogP contribution >= 0.6 is 11.6 Å². The molecule has 2 heterocycles. The van der Waals surface area contributed by atoms with E-state index in [2.05, 4.69) is 38.8 Å². The topological polar surface area (TPSA) is 58.0 Å². The molecule has 2 aromatic heterocycles. The van der Waals surface area contributed by atoms with Gasteiger partial charge in [0.2, 0.25) is 0 Å². The Bertz CT molecular complexity index is 1030. The van der Waals surface area contributed by atoms with Gasteiger partial charge in [-0.3, -0.25) is 20.0 Å². The zero-order valence-electron chi connectivity index (χ0n) is 17.5. The Labute approximate surface area is 176 Å². The number of halogens is 1. The molecule has 1 aliphatic carbocycles. The monoisotopic (exact) mass is 410 g/mol. The average Bonchev–Trinajstić information content (AvgIpc) is 3.52. The molecule has 4 rings (SSSR count). The van der Waals surface area contributed by atoms with Gasteiger partial charge in [-0.25, -0.2) is 9.97 Å². The third-order valence-electron chi connectivity index (χ3n) is 5.29. The van der Waals surface area contributed by atoms with Gasteiger partial charge in [0.15, 0.2) is 5.82 Å². The SMILES string of the molecule is CCCN(c1c(Cl)cc(C)c2nccnc12)N(CC1CC1)c1nc(C)ncc1C. The molecule has 3 aromatic rings. The van der Waals surface area contributed by atoms with E-state index in [0.29, 0.717) is 10.9 Å². The molecule has 0 atom stereocenters. The first-order valence-corrected chi connectivity index (χ1v) is 10.6. The molecule has 1 saturated carbocycles. The highest BCUT2D eigenvalue weighted by Gasteiger charge is 2.31. The van der Waals surface area contributed by atoms with E-state index in [4.69, 9.17) is 16.6 Å². The summed E-state index contributed by atoms with van der Waals surface area (Å²) in [5, 5.41) is 5.23. The van der Waals surface area contributed by atoms with Crippen molar-refractivity contribution < 1.29 is 0 Å². The smallest absolute Gasteiger partial charge is 0.153 e. The maximum absolute atomic E-state index is 6.82. The molecule has 6 nitrogen and oxygen atoms in total. The van der Waals surface area contributed by atoms with Gasteiger partial charge in [-0.05, 0) is 57.6 Å². The molecule has 29 heavy (non-hydrogen) atoms. The molecule has 0 spiro atoms. The van der Waals surface area contributed by atoms with Gasteiger partial charge in [-0.15, -0.1) is 0 Å². The van der Waals surface area contributed by atoms with E-state index in [1.807, 2.05) is 26.1 Å². The second kappa shape index (κ2) is 8.11. The summed E-state index contributed by atoms with van der Waals surface area (Å²) in [5.74, 6) is 2.37. The van der Waals surface area contributed by atoms with Gasteiger partial charge in [0.05, 0.1) is 10.5 Å². The minimum Gasteiger partial charge on any atom is -0.280 e. The summed E-state index contributed by atoms with van der Waals surface area (Å²) in [5.41, 5.74) is 4.70. The van der Waals surface area contributed by atoms with Crippen LogP contribution in [0.25, 0.3) is 11.0 Å². The molecule has 1 aliphatic rings. The predicted octanol–water partition coefficient (Wildman–Crippen LogP) is 5.05. The lowest BCUT2D eigenvalue weighted by Gasteiger charge is -2.39. The average molecular weight is 411 g/mol. The predicted molar refractivity (Wildman–Crippen MR) is 118 cm³/mol. The van der Waals surface area contributed by atoms with Crippen molar-refractivity contribution in [3.63, 3.8) is 0 Å². The number of anilines is 2. The van der Waals surface area contributed by atoms with Crippen LogP contribution in [-0.2, 0) is 0 Å². The molecule has 0 radical (unpaired) electrons. The van der Waals surface area contributed by atoms with Gasteiger partial charge >= 0.3 is 0 Å². The van der Waals surface area contributed by atoms with E-state index in [1.165, 1.54) is 12.8 Å². The fourth-order valence-electron chi connectivity index (χ4n) is 3.67. The highest BCUT2D eigenvalue weighted by Crippen LogP contribution is 2.39. The van der Waals surface area contributed by atoms with E-state index < -0.39 is 0 Å². The van der Waals surface area contributed by atoms with Gasteiger partial charge in [0.25, 0.3) is 0 Å². The zero-order chi connectivity index (χ0) is 20.5. The molecule has 0 unspecified atom stereocenters. The summed E-state index contributed by atoms with van der Waals surface area (Å²) in [7, 11) is 0. The highest BCUT2D eigenvalue weighted by molar-refractivity contribution is 6.35. The van der Waals surface area contributed by atoms with Crippen molar-refractivity contribution in [2.45, 2.75) is 47.0 Å². The Hall–Kier alpha value is -2.47. The number of aryl methyl sites for hydroxylation is 3. The number of benzene rings is 1. The maximum Gasteiger partial charge on any atom is 0.153 e. The van der Waals surface area contributed by atoms with Crippen LogP contribution in [0.1, 0.15) is 43.1 Å². The number of nitrogens with zero attached hydrogens (tertiary/aromatic N) is 6. The molecule has 0 N–H and O–H groups in total. The number of hydrogen-bond donors (Lipinski definition) is 0. The van der Waals surface area contributed by atoms with Crippen molar-refractivity contribution in [3.8, 4) is 0 Å². The van der Waals surface area contributed by atoms with Crippen LogP contribution in [0.3, 0.4) is 0 Å².